The molecule has 0 aliphatic heterocycles. The van der Waals surface area contributed by atoms with E-state index in [-0.39, 0.29) is 6.04 Å². The SMILES string of the molecule is CC(C)(C)OC(=O)N[C@@H](Cc1ccc(OC(=O)OC(C)(C)C)cc1)c1ccc(C#N)cc1. The van der Waals surface area contributed by atoms with Crippen molar-refractivity contribution in [1.29, 1.82) is 5.26 Å². The van der Waals surface area contributed by atoms with Gasteiger partial charge in [-0.3, -0.25) is 0 Å². The number of hydrogen-bond acceptors (Lipinski definition) is 6. The van der Waals surface area contributed by atoms with Gasteiger partial charge in [0, 0.05) is 0 Å². The number of nitrogens with zero attached hydrogens (tertiary/aromatic N) is 1. The number of rotatable bonds is 5. The summed E-state index contributed by atoms with van der Waals surface area (Å²) < 4.78 is 15.8. The molecule has 2 aromatic carbocycles. The van der Waals surface area contributed by atoms with E-state index in [0.29, 0.717) is 17.7 Å². The average Bonchev–Trinajstić information content (AvgIpc) is 2.66. The molecule has 7 heteroatoms. The van der Waals surface area contributed by atoms with Crippen molar-refractivity contribution in [1.82, 2.24) is 5.32 Å². The second kappa shape index (κ2) is 10.2. The molecule has 0 unspecified atom stereocenters. The average molecular weight is 439 g/mol. The summed E-state index contributed by atoms with van der Waals surface area (Å²) in [5, 5.41) is 11.9. The first kappa shape index (κ1) is 24.7. The van der Waals surface area contributed by atoms with Crippen LogP contribution in [0.4, 0.5) is 9.59 Å². The second-order valence-electron chi connectivity index (χ2n) is 9.35. The van der Waals surface area contributed by atoms with Crippen molar-refractivity contribution in [2.45, 2.75) is 65.2 Å². The lowest BCUT2D eigenvalue weighted by Gasteiger charge is -2.24. The molecule has 0 aliphatic carbocycles. The van der Waals surface area contributed by atoms with Gasteiger partial charge in [0.25, 0.3) is 0 Å². The first-order valence-electron chi connectivity index (χ1n) is 10.3. The van der Waals surface area contributed by atoms with E-state index in [9.17, 15) is 9.59 Å². The Morgan fingerprint density at radius 3 is 1.97 bits per heavy atom. The number of ether oxygens (including phenoxy) is 3. The molecule has 0 radical (unpaired) electrons. The first-order valence-corrected chi connectivity index (χ1v) is 10.3. The van der Waals surface area contributed by atoms with Crippen LogP contribution >= 0.6 is 0 Å². The molecule has 32 heavy (non-hydrogen) atoms. The minimum absolute atomic E-state index is 0.359. The monoisotopic (exact) mass is 438 g/mol. The molecule has 1 amide bonds. The van der Waals surface area contributed by atoms with Crippen molar-refractivity contribution >= 4 is 12.2 Å². The van der Waals surface area contributed by atoms with E-state index in [4.69, 9.17) is 19.5 Å². The van der Waals surface area contributed by atoms with Crippen LogP contribution in [0.1, 0.15) is 64.3 Å². The van der Waals surface area contributed by atoms with E-state index in [1.54, 1.807) is 77.9 Å². The van der Waals surface area contributed by atoms with Crippen molar-refractivity contribution < 1.29 is 23.8 Å². The molecule has 2 aromatic rings. The molecule has 170 valence electrons. The molecule has 7 nitrogen and oxygen atoms in total. The Morgan fingerprint density at radius 1 is 0.906 bits per heavy atom. The highest BCUT2D eigenvalue weighted by Gasteiger charge is 2.22. The topological polar surface area (TPSA) is 97.7 Å². The number of carbonyl (C=O) groups excluding carboxylic acids is 2. The Bertz CT molecular complexity index is 962. The van der Waals surface area contributed by atoms with Crippen LogP contribution in [0.15, 0.2) is 48.5 Å². The van der Waals surface area contributed by atoms with Crippen LogP contribution in [0.3, 0.4) is 0 Å². The third kappa shape index (κ3) is 8.68. The second-order valence-corrected chi connectivity index (χ2v) is 9.35. The fraction of sp³-hybridized carbons (Fsp3) is 0.400. The fourth-order valence-electron chi connectivity index (χ4n) is 2.79. The fourth-order valence-corrected chi connectivity index (χ4v) is 2.79. The highest BCUT2D eigenvalue weighted by Crippen LogP contribution is 2.22. The van der Waals surface area contributed by atoms with Crippen LogP contribution in [0.2, 0.25) is 0 Å². The third-order valence-corrected chi connectivity index (χ3v) is 4.09. The molecule has 1 atom stereocenters. The zero-order chi connectivity index (χ0) is 23.9. The van der Waals surface area contributed by atoms with Gasteiger partial charge in [0.1, 0.15) is 17.0 Å². The summed E-state index contributed by atoms with van der Waals surface area (Å²) >= 11 is 0. The maximum atomic E-state index is 12.4. The van der Waals surface area contributed by atoms with Gasteiger partial charge >= 0.3 is 12.2 Å². The van der Waals surface area contributed by atoms with Crippen molar-refractivity contribution in [3.63, 3.8) is 0 Å². The Balaban J connectivity index is 2.14. The highest BCUT2D eigenvalue weighted by molar-refractivity contribution is 5.68. The Kier molecular flexibility index (Phi) is 7.87. The summed E-state index contributed by atoms with van der Waals surface area (Å²) in [6.45, 7) is 10.7. The summed E-state index contributed by atoms with van der Waals surface area (Å²) in [6.07, 6.45) is -0.832. The summed E-state index contributed by atoms with van der Waals surface area (Å²) in [5.41, 5.74) is 1.02. The number of amides is 1. The minimum atomic E-state index is -0.771. The zero-order valence-corrected chi connectivity index (χ0v) is 19.4. The predicted molar refractivity (Wildman–Crippen MR) is 120 cm³/mol. The smallest absolute Gasteiger partial charge is 0.444 e. The number of carbonyl (C=O) groups is 2. The lowest BCUT2D eigenvalue weighted by Crippen LogP contribution is -2.35. The molecule has 0 fully saturated rings. The standard InChI is InChI=1S/C25H30N2O5/c1-24(2,3)31-22(28)27-21(19-11-7-18(16-26)8-12-19)15-17-9-13-20(14-10-17)30-23(29)32-25(4,5)6/h7-14,21H,15H2,1-6H3,(H,27,28)/t21-/m0/s1. The van der Waals surface area contributed by atoms with E-state index >= 15 is 0 Å². The van der Waals surface area contributed by atoms with Crippen molar-refractivity contribution in [2.75, 3.05) is 0 Å². The van der Waals surface area contributed by atoms with Crippen LogP contribution in [0, 0.1) is 11.3 Å². The molecule has 2 rings (SSSR count). The van der Waals surface area contributed by atoms with Crippen LogP contribution < -0.4 is 10.1 Å². The number of benzene rings is 2. The van der Waals surface area contributed by atoms with E-state index in [0.717, 1.165) is 11.1 Å². The first-order chi connectivity index (χ1) is 14.8. The van der Waals surface area contributed by atoms with Crippen molar-refractivity contribution in [2.24, 2.45) is 0 Å². The Morgan fingerprint density at radius 2 is 1.47 bits per heavy atom. The highest BCUT2D eigenvalue weighted by atomic mass is 16.7. The van der Waals surface area contributed by atoms with Gasteiger partial charge in [-0.05, 0) is 83.4 Å². The van der Waals surface area contributed by atoms with E-state index in [1.807, 2.05) is 12.1 Å². The quantitative estimate of drug-likeness (QED) is 0.476. The van der Waals surface area contributed by atoms with Gasteiger partial charge in [0.2, 0.25) is 0 Å². The minimum Gasteiger partial charge on any atom is -0.444 e. The molecular weight excluding hydrogens is 408 g/mol. The normalized spacial score (nSPS) is 12.3. The molecule has 0 saturated carbocycles. The molecule has 0 aromatic heterocycles. The Hall–Kier alpha value is -3.53. The van der Waals surface area contributed by atoms with Gasteiger partial charge in [0.05, 0.1) is 17.7 Å². The van der Waals surface area contributed by atoms with Crippen molar-refractivity contribution in [3.8, 4) is 11.8 Å². The van der Waals surface area contributed by atoms with Gasteiger partial charge in [-0.15, -0.1) is 0 Å². The van der Waals surface area contributed by atoms with Gasteiger partial charge in [-0.1, -0.05) is 24.3 Å². The maximum absolute atomic E-state index is 12.4. The summed E-state index contributed by atoms with van der Waals surface area (Å²) in [5.74, 6) is 0.359. The van der Waals surface area contributed by atoms with Gasteiger partial charge in [-0.25, -0.2) is 9.59 Å². The number of hydrogen-bond donors (Lipinski definition) is 1. The van der Waals surface area contributed by atoms with E-state index < -0.39 is 23.5 Å². The molecule has 0 saturated heterocycles. The molecule has 0 bridgehead atoms. The number of nitrogens with one attached hydrogen (secondary N) is 1. The van der Waals surface area contributed by atoms with E-state index in [2.05, 4.69) is 11.4 Å². The van der Waals surface area contributed by atoms with Crippen LogP contribution in [0.5, 0.6) is 5.75 Å². The lowest BCUT2D eigenvalue weighted by molar-refractivity contribution is 0.0205. The molecule has 0 aliphatic rings. The van der Waals surface area contributed by atoms with Crippen molar-refractivity contribution in [3.05, 3.63) is 65.2 Å². The molecule has 1 N–H and O–H groups in total. The van der Waals surface area contributed by atoms with Gasteiger partial charge in [0.15, 0.2) is 0 Å². The largest absolute Gasteiger partial charge is 0.514 e. The molecule has 0 heterocycles. The molecular formula is C25H30N2O5. The summed E-state index contributed by atoms with van der Waals surface area (Å²) in [6, 6.07) is 15.7. The zero-order valence-electron chi connectivity index (χ0n) is 19.4. The lowest BCUT2D eigenvalue weighted by atomic mass is 9.98. The van der Waals surface area contributed by atoms with Gasteiger partial charge in [-0.2, -0.15) is 5.26 Å². The van der Waals surface area contributed by atoms with Crippen LogP contribution in [0.25, 0.3) is 0 Å². The Labute approximate surface area is 189 Å². The maximum Gasteiger partial charge on any atom is 0.514 e. The summed E-state index contributed by atoms with van der Waals surface area (Å²) in [7, 11) is 0. The predicted octanol–water partition coefficient (Wildman–Crippen LogP) is 5.68. The number of nitriles is 1. The van der Waals surface area contributed by atoms with Gasteiger partial charge < -0.3 is 19.5 Å². The van der Waals surface area contributed by atoms with E-state index in [1.165, 1.54) is 0 Å². The summed E-state index contributed by atoms with van der Waals surface area (Å²) in [4.78, 5) is 24.2. The van der Waals surface area contributed by atoms with Crippen LogP contribution in [-0.4, -0.2) is 23.5 Å². The molecule has 0 spiro atoms. The number of alkyl carbamates (subject to hydrolysis) is 1. The van der Waals surface area contributed by atoms with Crippen LogP contribution in [-0.2, 0) is 15.9 Å². The third-order valence-electron chi connectivity index (χ3n) is 4.09.